The molecule has 3 nitrogen and oxygen atoms in total. The summed E-state index contributed by atoms with van der Waals surface area (Å²) >= 11 is 0. The van der Waals surface area contributed by atoms with Gasteiger partial charge in [0.1, 0.15) is 12.4 Å². The Hall–Kier alpha value is -1.64. The summed E-state index contributed by atoms with van der Waals surface area (Å²) in [5.41, 5.74) is 0.748. The van der Waals surface area contributed by atoms with Gasteiger partial charge in [-0.3, -0.25) is 4.79 Å². The number of benzene rings is 1. The molecule has 0 N–H and O–H groups in total. The zero-order valence-electron chi connectivity index (χ0n) is 10.6. The van der Waals surface area contributed by atoms with Gasteiger partial charge in [-0.25, -0.2) is 0 Å². The maximum Gasteiger partial charge on any atom is 0.143 e. The number of carbonyl (C=O) groups is 1. The molecule has 1 aromatic carbocycles. The Kier molecular flexibility index (Phi) is 4.88. The third kappa shape index (κ3) is 5.29. The highest BCUT2D eigenvalue weighted by Gasteiger charge is 2.19. The Morgan fingerprint density at radius 1 is 1.29 bits per heavy atom. The van der Waals surface area contributed by atoms with E-state index in [1.165, 1.54) is 6.21 Å². The van der Waals surface area contributed by atoms with Gasteiger partial charge in [0.25, 0.3) is 0 Å². The first kappa shape index (κ1) is 13.4. The molecule has 0 spiro atoms. The normalized spacial score (nSPS) is 11.7. The van der Waals surface area contributed by atoms with Crippen molar-refractivity contribution >= 4 is 12.0 Å². The van der Waals surface area contributed by atoms with E-state index in [1.807, 2.05) is 51.1 Å². The third-order valence-corrected chi connectivity index (χ3v) is 2.34. The van der Waals surface area contributed by atoms with Crippen LogP contribution in [-0.2, 0) is 16.2 Å². The summed E-state index contributed by atoms with van der Waals surface area (Å²) in [6, 6.07) is 9.79. The van der Waals surface area contributed by atoms with E-state index in [1.54, 1.807) is 0 Å². The van der Waals surface area contributed by atoms with Crippen molar-refractivity contribution in [3.8, 4) is 0 Å². The van der Waals surface area contributed by atoms with E-state index in [2.05, 4.69) is 5.16 Å². The van der Waals surface area contributed by atoms with Gasteiger partial charge in [0.05, 0.1) is 6.21 Å². The van der Waals surface area contributed by atoms with Crippen molar-refractivity contribution in [3.05, 3.63) is 35.9 Å². The fourth-order valence-electron chi connectivity index (χ4n) is 1.17. The van der Waals surface area contributed by atoms with Crippen LogP contribution in [0.4, 0.5) is 0 Å². The molecule has 0 amide bonds. The monoisotopic (exact) mass is 233 g/mol. The van der Waals surface area contributed by atoms with Crippen LogP contribution in [0.3, 0.4) is 0 Å². The van der Waals surface area contributed by atoms with Gasteiger partial charge in [0.2, 0.25) is 0 Å². The molecule has 92 valence electrons. The molecule has 3 heteroatoms. The maximum atomic E-state index is 11.6. The molecule has 0 atom stereocenters. The van der Waals surface area contributed by atoms with Crippen LogP contribution in [-0.4, -0.2) is 12.0 Å². The second-order valence-electron chi connectivity index (χ2n) is 4.92. The molecule has 0 saturated carbocycles. The molecule has 0 aliphatic heterocycles. The van der Waals surface area contributed by atoms with Crippen LogP contribution >= 0.6 is 0 Å². The summed E-state index contributed by atoms with van der Waals surface area (Å²) in [5.74, 6) is 0.157. The van der Waals surface area contributed by atoms with E-state index in [9.17, 15) is 4.79 Å². The fraction of sp³-hybridized carbons (Fsp3) is 0.429. The van der Waals surface area contributed by atoms with Gasteiger partial charge < -0.3 is 4.84 Å². The molecule has 0 aromatic heterocycles. The Labute approximate surface area is 102 Å². The number of carbonyl (C=O) groups excluding carboxylic acids is 1. The number of hydrogen-bond acceptors (Lipinski definition) is 3. The molecule has 0 aliphatic rings. The number of nitrogens with zero attached hydrogens (tertiary/aromatic N) is 1. The summed E-state index contributed by atoms with van der Waals surface area (Å²) in [6.45, 7) is 6.12. The van der Waals surface area contributed by atoms with Gasteiger partial charge in [-0.15, -0.1) is 0 Å². The molecule has 0 bridgehead atoms. The topological polar surface area (TPSA) is 38.7 Å². The first-order valence-electron chi connectivity index (χ1n) is 5.71. The van der Waals surface area contributed by atoms with Gasteiger partial charge in [-0.1, -0.05) is 56.3 Å². The van der Waals surface area contributed by atoms with Crippen LogP contribution in [0.15, 0.2) is 35.5 Å². The van der Waals surface area contributed by atoms with E-state index >= 15 is 0 Å². The van der Waals surface area contributed by atoms with Crippen molar-refractivity contribution in [2.45, 2.75) is 33.8 Å². The van der Waals surface area contributed by atoms with Crippen LogP contribution in [0, 0.1) is 5.41 Å². The number of hydrogen-bond donors (Lipinski definition) is 0. The van der Waals surface area contributed by atoms with Gasteiger partial charge in [-0.2, -0.15) is 0 Å². The number of rotatable bonds is 5. The van der Waals surface area contributed by atoms with Gasteiger partial charge in [0.15, 0.2) is 0 Å². The zero-order chi connectivity index (χ0) is 12.7. The number of Topliss-reactive ketones (excluding diaryl/α,β-unsaturated/α-hetero) is 1. The van der Waals surface area contributed by atoms with Crippen molar-refractivity contribution in [1.82, 2.24) is 0 Å². The molecule has 0 saturated heterocycles. The number of ketones is 1. The van der Waals surface area contributed by atoms with E-state index in [0.29, 0.717) is 13.0 Å². The van der Waals surface area contributed by atoms with Crippen molar-refractivity contribution < 1.29 is 9.63 Å². The Bertz CT molecular complexity index is 377. The highest BCUT2D eigenvalue weighted by molar-refractivity contribution is 5.94. The van der Waals surface area contributed by atoms with Crippen LogP contribution in [0.5, 0.6) is 0 Å². The molecular formula is C14H19NO2. The fourth-order valence-corrected chi connectivity index (χ4v) is 1.17. The molecule has 0 unspecified atom stereocenters. The van der Waals surface area contributed by atoms with Gasteiger partial charge in [-0.05, 0) is 5.56 Å². The molecule has 0 aliphatic carbocycles. The minimum Gasteiger partial charge on any atom is -0.391 e. The molecule has 0 radical (unpaired) electrons. The first-order valence-corrected chi connectivity index (χ1v) is 5.71. The minimum absolute atomic E-state index is 0.157. The molecular weight excluding hydrogens is 214 g/mol. The summed E-state index contributed by atoms with van der Waals surface area (Å²) in [5, 5.41) is 3.77. The summed E-state index contributed by atoms with van der Waals surface area (Å²) in [7, 11) is 0. The average Bonchev–Trinajstić information content (AvgIpc) is 2.28. The molecule has 0 fully saturated rings. The molecule has 1 aromatic rings. The van der Waals surface area contributed by atoms with Gasteiger partial charge in [0, 0.05) is 11.8 Å². The highest BCUT2D eigenvalue weighted by atomic mass is 16.6. The smallest absolute Gasteiger partial charge is 0.143 e. The van der Waals surface area contributed by atoms with Gasteiger partial charge >= 0.3 is 0 Å². The molecule has 17 heavy (non-hydrogen) atoms. The lowest BCUT2D eigenvalue weighted by Gasteiger charge is -2.14. The van der Waals surface area contributed by atoms with Crippen LogP contribution in [0.25, 0.3) is 0 Å². The minimum atomic E-state index is -0.314. The van der Waals surface area contributed by atoms with Crippen molar-refractivity contribution in [2.24, 2.45) is 10.6 Å². The average molecular weight is 233 g/mol. The highest BCUT2D eigenvalue weighted by Crippen LogP contribution is 2.15. The Morgan fingerprint density at radius 2 is 1.94 bits per heavy atom. The predicted molar refractivity (Wildman–Crippen MR) is 68.8 cm³/mol. The van der Waals surface area contributed by atoms with E-state index < -0.39 is 0 Å². The van der Waals surface area contributed by atoms with Crippen molar-refractivity contribution in [3.63, 3.8) is 0 Å². The predicted octanol–water partition coefficient (Wildman–Crippen LogP) is 3.19. The Balaban J connectivity index is 2.26. The van der Waals surface area contributed by atoms with Crippen molar-refractivity contribution in [1.29, 1.82) is 0 Å². The standard InChI is InChI=1S/C14H19NO2/c1-14(2,3)13(16)9-10-15-17-11-12-7-5-4-6-8-12/h4-8,10H,9,11H2,1-3H3/b15-10-. The maximum absolute atomic E-state index is 11.6. The van der Waals surface area contributed by atoms with E-state index in [-0.39, 0.29) is 11.2 Å². The van der Waals surface area contributed by atoms with E-state index in [0.717, 1.165) is 5.56 Å². The number of oxime groups is 1. The van der Waals surface area contributed by atoms with Crippen LogP contribution in [0.2, 0.25) is 0 Å². The van der Waals surface area contributed by atoms with E-state index in [4.69, 9.17) is 4.84 Å². The summed E-state index contributed by atoms with van der Waals surface area (Å²) < 4.78 is 0. The second-order valence-corrected chi connectivity index (χ2v) is 4.92. The van der Waals surface area contributed by atoms with Crippen molar-refractivity contribution in [2.75, 3.05) is 0 Å². The SMILES string of the molecule is CC(C)(C)C(=O)C/C=N\OCc1ccccc1. The largest absolute Gasteiger partial charge is 0.391 e. The second kappa shape index (κ2) is 6.18. The Morgan fingerprint density at radius 3 is 2.53 bits per heavy atom. The lowest BCUT2D eigenvalue weighted by molar-refractivity contribution is -0.125. The lowest BCUT2D eigenvalue weighted by Crippen LogP contribution is -2.19. The quantitative estimate of drug-likeness (QED) is 0.578. The third-order valence-electron chi connectivity index (χ3n) is 2.34. The summed E-state index contributed by atoms with van der Waals surface area (Å²) in [6.07, 6.45) is 1.84. The molecule has 0 heterocycles. The zero-order valence-corrected chi connectivity index (χ0v) is 10.6. The van der Waals surface area contributed by atoms with Crippen LogP contribution < -0.4 is 0 Å². The van der Waals surface area contributed by atoms with Crippen LogP contribution in [0.1, 0.15) is 32.8 Å². The first-order chi connectivity index (χ1) is 8.00. The lowest BCUT2D eigenvalue weighted by atomic mass is 9.89. The molecule has 1 rings (SSSR count). The summed E-state index contributed by atoms with van der Waals surface area (Å²) in [4.78, 5) is 16.7.